The summed E-state index contributed by atoms with van der Waals surface area (Å²) in [6, 6.07) is 5.32. The van der Waals surface area contributed by atoms with E-state index in [1.807, 2.05) is 13.0 Å². The monoisotopic (exact) mass is 311 g/mol. The van der Waals surface area contributed by atoms with Gasteiger partial charge in [0.2, 0.25) is 0 Å². The lowest BCUT2D eigenvalue weighted by atomic mass is 10.1. The minimum atomic E-state index is -0.203. The SMILES string of the molecule is CCCNC(C)c1cccc(F)c1Sc1nnc(C)s1. The molecule has 3 nitrogen and oxygen atoms in total. The number of aryl methyl sites for hydroxylation is 1. The molecular weight excluding hydrogens is 293 g/mol. The molecule has 0 fully saturated rings. The van der Waals surface area contributed by atoms with Gasteiger partial charge in [-0.3, -0.25) is 0 Å². The largest absolute Gasteiger partial charge is 0.310 e. The summed E-state index contributed by atoms with van der Waals surface area (Å²) in [6.45, 7) is 6.99. The van der Waals surface area contributed by atoms with Crippen LogP contribution in [0.4, 0.5) is 4.39 Å². The molecule has 1 N–H and O–H groups in total. The average Bonchev–Trinajstić information content (AvgIpc) is 2.84. The van der Waals surface area contributed by atoms with E-state index in [9.17, 15) is 4.39 Å². The standard InChI is InChI=1S/C14H18FN3S2/c1-4-8-16-9(2)11-6-5-7-12(15)13(11)20-14-18-17-10(3)19-14/h5-7,9,16H,4,8H2,1-3H3. The summed E-state index contributed by atoms with van der Waals surface area (Å²) >= 11 is 2.84. The molecule has 1 unspecified atom stereocenters. The van der Waals surface area contributed by atoms with Crippen molar-refractivity contribution in [2.24, 2.45) is 0 Å². The third kappa shape index (κ3) is 3.77. The summed E-state index contributed by atoms with van der Waals surface area (Å²) in [5.41, 5.74) is 0.969. The zero-order valence-corrected chi connectivity index (χ0v) is 13.4. The second kappa shape index (κ2) is 7.15. The molecule has 2 aromatic rings. The first-order valence-corrected chi connectivity index (χ1v) is 8.25. The van der Waals surface area contributed by atoms with Crippen LogP contribution in [-0.2, 0) is 0 Å². The molecule has 1 heterocycles. The maximum atomic E-state index is 14.1. The second-order valence-electron chi connectivity index (χ2n) is 4.52. The Kier molecular flexibility index (Phi) is 5.51. The third-order valence-electron chi connectivity index (χ3n) is 2.86. The zero-order valence-electron chi connectivity index (χ0n) is 11.8. The van der Waals surface area contributed by atoms with E-state index >= 15 is 0 Å². The van der Waals surface area contributed by atoms with Crippen LogP contribution >= 0.6 is 23.1 Å². The van der Waals surface area contributed by atoms with Gasteiger partial charge in [-0.05, 0) is 38.4 Å². The first-order valence-electron chi connectivity index (χ1n) is 6.61. The molecule has 0 radical (unpaired) electrons. The Morgan fingerprint density at radius 2 is 2.20 bits per heavy atom. The molecule has 6 heteroatoms. The Bertz CT molecular complexity index is 571. The molecule has 0 saturated heterocycles. The van der Waals surface area contributed by atoms with Crippen molar-refractivity contribution in [2.45, 2.75) is 42.5 Å². The Labute approximate surface area is 127 Å². The van der Waals surface area contributed by atoms with Crippen molar-refractivity contribution < 1.29 is 4.39 Å². The highest BCUT2D eigenvalue weighted by Gasteiger charge is 2.16. The molecule has 2 rings (SSSR count). The number of halogens is 1. The van der Waals surface area contributed by atoms with Crippen molar-refractivity contribution in [2.75, 3.05) is 6.54 Å². The van der Waals surface area contributed by atoms with E-state index in [1.165, 1.54) is 29.2 Å². The number of benzene rings is 1. The maximum Gasteiger partial charge on any atom is 0.179 e. The summed E-state index contributed by atoms with van der Waals surface area (Å²) in [5.74, 6) is -0.203. The molecule has 0 saturated carbocycles. The lowest BCUT2D eigenvalue weighted by molar-refractivity contribution is 0.543. The van der Waals surface area contributed by atoms with Gasteiger partial charge in [0.1, 0.15) is 10.8 Å². The van der Waals surface area contributed by atoms with Gasteiger partial charge in [0.15, 0.2) is 4.34 Å². The van der Waals surface area contributed by atoms with Crippen LogP contribution < -0.4 is 5.32 Å². The molecule has 0 aliphatic carbocycles. The van der Waals surface area contributed by atoms with E-state index in [0.717, 1.165) is 27.9 Å². The summed E-state index contributed by atoms with van der Waals surface area (Å²) in [4.78, 5) is 0.639. The fourth-order valence-electron chi connectivity index (χ4n) is 1.85. The van der Waals surface area contributed by atoms with Crippen molar-refractivity contribution >= 4 is 23.1 Å². The lowest BCUT2D eigenvalue weighted by Gasteiger charge is -2.17. The molecule has 0 aliphatic rings. The molecule has 0 bridgehead atoms. The smallest absolute Gasteiger partial charge is 0.179 e. The third-order valence-corrected chi connectivity index (χ3v) is 4.89. The van der Waals surface area contributed by atoms with Gasteiger partial charge in [0.05, 0.1) is 4.90 Å². The second-order valence-corrected chi connectivity index (χ2v) is 6.96. The predicted molar refractivity (Wildman–Crippen MR) is 81.9 cm³/mol. The van der Waals surface area contributed by atoms with Gasteiger partial charge in [0, 0.05) is 6.04 Å². The number of nitrogens with zero attached hydrogens (tertiary/aromatic N) is 2. The fraction of sp³-hybridized carbons (Fsp3) is 0.429. The highest BCUT2D eigenvalue weighted by atomic mass is 32.2. The van der Waals surface area contributed by atoms with Gasteiger partial charge in [-0.15, -0.1) is 10.2 Å². The van der Waals surface area contributed by atoms with Gasteiger partial charge >= 0.3 is 0 Å². The molecule has 0 amide bonds. The molecule has 20 heavy (non-hydrogen) atoms. The van der Waals surface area contributed by atoms with Crippen molar-refractivity contribution in [3.63, 3.8) is 0 Å². The average molecular weight is 311 g/mol. The number of nitrogens with one attached hydrogen (secondary N) is 1. The van der Waals surface area contributed by atoms with Crippen LogP contribution in [0.3, 0.4) is 0 Å². The quantitative estimate of drug-likeness (QED) is 0.867. The van der Waals surface area contributed by atoms with Gasteiger partial charge in [0.25, 0.3) is 0 Å². The van der Waals surface area contributed by atoms with Crippen molar-refractivity contribution in [1.82, 2.24) is 15.5 Å². The van der Waals surface area contributed by atoms with Crippen LogP contribution in [0.2, 0.25) is 0 Å². The van der Waals surface area contributed by atoms with Crippen LogP contribution in [0.5, 0.6) is 0 Å². The Morgan fingerprint density at radius 3 is 2.85 bits per heavy atom. The minimum Gasteiger partial charge on any atom is -0.310 e. The van der Waals surface area contributed by atoms with Gasteiger partial charge in [-0.2, -0.15) is 0 Å². The van der Waals surface area contributed by atoms with Gasteiger partial charge in [-0.1, -0.05) is 42.2 Å². The first kappa shape index (κ1) is 15.4. The predicted octanol–water partition coefficient (Wildman–Crippen LogP) is 4.20. The van der Waals surface area contributed by atoms with Crippen LogP contribution in [-0.4, -0.2) is 16.7 Å². The van der Waals surface area contributed by atoms with E-state index in [4.69, 9.17) is 0 Å². The molecule has 0 spiro atoms. The number of hydrogen-bond acceptors (Lipinski definition) is 5. The molecule has 1 aromatic carbocycles. The molecule has 1 atom stereocenters. The van der Waals surface area contributed by atoms with E-state index < -0.39 is 0 Å². The van der Waals surface area contributed by atoms with E-state index in [1.54, 1.807) is 6.07 Å². The Hall–Kier alpha value is -0.980. The Balaban J connectivity index is 2.26. The van der Waals surface area contributed by atoms with Crippen LogP contribution in [0, 0.1) is 12.7 Å². The Morgan fingerprint density at radius 1 is 1.40 bits per heavy atom. The van der Waals surface area contributed by atoms with Crippen molar-refractivity contribution in [1.29, 1.82) is 0 Å². The van der Waals surface area contributed by atoms with Gasteiger partial charge < -0.3 is 5.32 Å². The van der Waals surface area contributed by atoms with E-state index in [2.05, 4.69) is 29.4 Å². The number of rotatable bonds is 6. The van der Waals surface area contributed by atoms with Gasteiger partial charge in [-0.25, -0.2) is 4.39 Å². The summed E-state index contributed by atoms with van der Waals surface area (Å²) in [7, 11) is 0. The van der Waals surface area contributed by atoms with E-state index in [0.29, 0.717) is 4.90 Å². The molecule has 108 valence electrons. The first-order chi connectivity index (χ1) is 9.61. The number of hydrogen-bond donors (Lipinski definition) is 1. The van der Waals surface area contributed by atoms with E-state index in [-0.39, 0.29) is 11.9 Å². The molecule has 1 aromatic heterocycles. The highest BCUT2D eigenvalue weighted by Crippen LogP contribution is 2.36. The summed E-state index contributed by atoms with van der Waals surface area (Å²) < 4.78 is 14.9. The van der Waals surface area contributed by atoms with Crippen molar-refractivity contribution in [3.05, 3.63) is 34.6 Å². The molecule has 0 aliphatic heterocycles. The topological polar surface area (TPSA) is 37.8 Å². The van der Waals surface area contributed by atoms with Crippen molar-refractivity contribution in [3.8, 4) is 0 Å². The highest BCUT2D eigenvalue weighted by molar-refractivity contribution is 8.01. The van der Waals surface area contributed by atoms with Crippen LogP contribution in [0.1, 0.15) is 36.9 Å². The zero-order chi connectivity index (χ0) is 14.5. The maximum absolute atomic E-state index is 14.1. The summed E-state index contributed by atoms with van der Waals surface area (Å²) in [5, 5.41) is 12.3. The molecular formula is C14H18FN3S2. The number of aromatic nitrogens is 2. The lowest BCUT2D eigenvalue weighted by Crippen LogP contribution is -2.20. The minimum absolute atomic E-state index is 0.113. The normalized spacial score (nSPS) is 12.6. The van der Waals surface area contributed by atoms with Crippen LogP contribution in [0.15, 0.2) is 27.4 Å². The van der Waals surface area contributed by atoms with Crippen LogP contribution in [0.25, 0.3) is 0 Å². The summed E-state index contributed by atoms with van der Waals surface area (Å²) in [6.07, 6.45) is 1.05. The fourth-order valence-corrected chi connectivity index (χ4v) is 3.83.